The van der Waals surface area contributed by atoms with Gasteiger partial charge in [0, 0.05) is 30.9 Å². The molecule has 0 saturated carbocycles. The maximum Gasteiger partial charge on any atom is 0.337 e. The Bertz CT molecular complexity index is 914. The molecule has 146 valence electrons. The van der Waals surface area contributed by atoms with Gasteiger partial charge in [-0.2, -0.15) is 0 Å². The number of aryl methyl sites for hydroxylation is 1. The van der Waals surface area contributed by atoms with Gasteiger partial charge >= 0.3 is 5.97 Å². The van der Waals surface area contributed by atoms with E-state index >= 15 is 0 Å². The van der Waals surface area contributed by atoms with Gasteiger partial charge in [0.05, 0.1) is 12.7 Å². The summed E-state index contributed by atoms with van der Waals surface area (Å²) in [7, 11) is 1.35. The summed E-state index contributed by atoms with van der Waals surface area (Å²) >= 11 is 5.39. The number of nitrogens with one attached hydrogen (secondary N) is 2. The maximum atomic E-state index is 11.9. The molecule has 3 rings (SSSR count). The molecule has 2 aromatic carbocycles. The van der Waals surface area contributed by atoms with E-state index in [1.54, 1.807) is 12.1 Å². The normalized spacial score (nSPS) is 13.4. The molecule has 0 aromatic heterocycles. The number of amides is 1. The zero-order valence-corrected chi connectivity index (χ0v) is 16.8. The second-order valence-electron chi connectivity index (χ2n) is 6.65. The number of esters is 1. The van der Waals surface area contributed by atoms with Gasteiger partial charge in [0.1, 0.15) is 0 Å². The monoisotopic (exact) mass is 397 g/mol. The molecule has 1 aliphatic heterocycles. The molecular weight excluding hydrogens is 374 g/mol. The van der Waals surface area contributed by atoms with Crippen LogP contribution in [0.15, 0.2) is 42.5 Å². The van der Waals surface area contributed by atoms with Gasteiger partial charge in [-0.3, -0.25) is 4.79 Å². The van der Waals surface area contributed by atoms with Crippen LogP contribution in [-0.2, 0) is 16.1 Å². The lowest BCUT2D eigenvalue weighted by Crippen LogP contribution is -2.28. The van der Waals surface area contributed by atoms with Crippen molar-refractivity contribution in [3.05, 3.63) is 59.2 Å². The Morgan fingerprint density at radius 3 is 2.79 bits per heavy atom. The lowest BCUT2D eigenvalue weighted by molar-refractivity contribution is -0.117. The Labute approximate surface area is 169 Å². The first kappa shape index (κ1) is 19.8. The highest BCUT2D eigenvalue weighted by atomic mass is 32.1. The number of ether oxygens (including phenoxy) is 1. The highest BCUT2D eigenvalue weighted by Crippen LogP contribution is 2.22. The Balaban J connectivity index is 1.62. The van der Waals surface area contributed by atoms with E-state index in [9.17, 15) is 9.59 Å². The molecule has 6 nitrogen and oxygen atoms in total. The third-order valence-electron chi connectivity index (χ3n) is 4.66. The van der Waals surface area contributed by atoms with E-state index in [0.29, 0.717) is 23.6 Å². The zero-order valence-electron chi connectivity index (χ0n) is 16.0. The van der Waals surface area contributed by atoms with Gasteiger partial charge < -0.3 is 20.3 Å². The van der Waals surface area contributed by atoms with Crippen molar-refractivity contribution in [2.45, 2.75) is 26.3 Å². The molecule has 0 unspecified atom stereocenters. The summed E-state index contributed by atoms with van der Waals surface area (Å²) in [5.74, 6) is -0.224. The lowest BCUT2D eigenvalue weighted by atomic mass is 10.1. The summed E-state index contributed by atoms with van der Waals surface area (Å²) in [5, 5.41) is 6.74. The fourth-order valence-corrected chi connectivity index (χ4v) is 3.29. The number of carbonyl (C=O) groups is 2. The number of hydrogen-bond acceptors (Lipinski definition) is 4. The van der Waals surface area contributed by atoms with E-state index in [1.165, 1.54) is 7.11 Å². The highest BCUT2D eigenvalue weighted by molar-refractivity contribution is 7.80. The second-order valence-corrected chi connectivity index (χ2v) is 7.06. The molecule has 0 atom stereocenters. The van der Waals surface area contributed by atoms with E-state index in [2.05, 4.69) is 10.6 Å². The minimum absolute atomic E-state index is 0.170. The summed E-state index contributed by atoms with van der Waals surface area (Å²) in [6, 6.07) is 13.2. The van der Waals surface area contributed by atoms with Crippen LogP contribution in [0, 0.1) is 6.92 Å². The molecule has 1 heterocycles. The van der Waals surface area contributed by atoms with Crippen LogP contribution in [0.5, 0.6) is 0 Å². The number of rotatable bonds is 5. The van der Waals surface area contributed by atoms with Gasteiger partial charge in [-0.1, -0.05) is 18.2 Å². The molecule has 1 saturated heterocycles. The van der Waals surface area contributed by atoms with Gasteiger partial charge in [-0.05, 0) is 61.0 Å². The zero-order chi connectivity index (χ0) is 20.1. The molecule has 1 fully saturated rings. The van der Waals surface area contributed by atoms with E-state index in [-0.39, 0.29) is 5.91 Å². The van der Waals surface area contributed by atoms with Gasteiger partial charge in [0.25, 0.3) is 0 Å². The van der Waals surface area contributed by atoms with Crippen LogP contribution in [0.1, 0.15) is 34.3 Å². The number of benzene rings is 2. The van der Waals surface area contributed by atoms with Crippen LogP contribution < -0.4 is 15.5 Å². The topological polar surface area (TPSA) is 70.7 Å². The van der Waals surface area contributed by atoms with Crippen LogP contribution in [-0.4, -0.2) is 30.6 Å². The predicted octanol–water partition coefficient (Wildman–Crippen LogP) is 3.40. The molecule has 2 aromatic rings. The third-order valence-corrected chi connectivity index (χ3v) is 4.90. The average molecular weight is 398 g/mol. The smallest absolute Gasteiger partial charge is 0.337 e. The van der Waals surface area contributed by atoms with Crippen molar-refractivity contribution in [3.8, 4) is 0 Å². The van der Waals surface area contributed by atoms with Gasteiger partial charge in [0.2, 0.25) is 5.91 Å². The Kier molecular flexibility index (Phi) is 6.26. The van der Waals surface area contributed by atoms with Crippen molar-refractivity contribution in [2.75, 3.05) is 23.9 Å². The fourth-order valence-electron chi connectivity index (χ4n) is 3.11. The van der Waals surface area contributed by atoms with Crippen LogP contribution in [0.4, 0.5) is 11.4 Å². The Hall–Kier alpha value is -2.93. The largest absolute Gasteiger partial charge is 0.465 e. The first-order valence-corrected chi connectivity index (χ1v) is 9.52. The van der Waals surface area contributed by atoms with Gasteiger partial charge in [-0.15, -0.1) is 0 Å². The molecule has 0 spiro atoms. The van der Waals surface area contributed by atoms with Crippen LogP contribution in [0.25, 0.3) is 0 Å². The standard InChI is InChI=1S/C21H23N3O3S/c1-14-8-9-16(20(26)27-2)12-18(14)23-21(28)22-13-15-5-3-6-17(11-15)24-10-4-7-19(24)25/h3,5-6,8-9,11-12H,4,7,10,13H2,1-2H3,(H2,22,23,28). The quantitative estimate of drug-likeness (QED) is 0.595. The third kappa shape index (κ3) is 4.67. The van der Waals surface area contributed by atoms with Crippen LogP contribution >= 0.6 is 12.2 Å². The number of carbonyl (C=O) groups excluding carboxylic acids is 2. The van der Waals surface area contributed by atoms with Crippen molar-refractivity contribution in [1.29, 1.82) is 0 Å². The number of thiocarbonyl (C=S) groups is 1. The predicted molar refractivity (Wildman–Crippen MR) is 114 cm³/mol. The summed E-state index contributed by atoms with van der Waals surface area (Å²) in [6.45, 7) is 3.23. The van der Waals surface area contributed by atoms with Crippen molar-refractivity contribution in [3.63, 3.8) is 0 Å². The van der Waals surface area contributed by atoms with Crippen molar-refractivity contribution in [2.24, 2.45) is 0 Å². The maximum absolute atomic E-state index is 11.9. The fraction of sp³-hybridized carbons (Fsp3) is 0.286. The van der Waals surface area contributed by atoms with Crippen molar-refractivity contribution in [1.82, 2.24) is 5.32 Å². The molecule has 1 amide bonds. The molecule has 7 heteroatoms. The lowest BCUT2D eigenvalue weighted by Gasteiger charge is -2.17. The summed E-state index contributed by atoms with van der Waals surface area (Å²) in [4.78, 5) is 25.5. The van der Waals surface area contributed by atoms with Gasteiger partial charge in [-0.25, -0.2) is 4.79 Å². The molecule has 1 aliphatic rings. The number of anilines is 2. The molecule has 0 radical (unpaired) electrons. The average Bonchev–Trinajstić information content (AvgIpc) is 3.13. The highest BCUT2D eigenvalue weighted by Gasteiger charge is 2.21. The molecule has 0 aliphatic carbocycles. The number of nitrogens with zero attached hydrogens (tertiary/aromatic N) is 1. The molecular formula is C21H23N3O3S. The van der Waals surface area contributed by atoms with E-state index in [1.807, 2.05) is 42.2 Å². The van der Waals surface area contributed by atoms with Crippen molar-refractivity contribution >= 4 is 40.6 Å². The molecule has 28 heavy (non-hydrogen) atoms. The van der Waals surface area contributed by atoms with Crippen LogP contribution in [0.2, 0.25) is 0 Å². The summed E-state index contributed by atoms with van der Waals surface area (Å²) in [5.41, 5.74) is 4.12. The van der Waals surface area contributed by atoms with Crippen molar-refractivity contribution < 1.29 is 14.3 Å². The SMILES string of the molecule is COC(=O)c1ccc(C)c(NC(=S)NCc2cccc(N3CCCC3=O)c2)c1. The van der Waals surface area contributed by atoms with E-state index < -0.39 is 5.97 Å². The first-order valence-electron chi connectivity index (χ1n) is 9.11. The Morgan fingerprint density at radius 2 is 2.07 bits per heavy atom. The number of methoxy groups -OCH3 is 1. The summed E-state index contributed by atoms with van der Waals surface area (Å²) < 4.78 is 4.76. The Morgan fingerprint density at radius 1 is 1.25 bits per heavy atom. The number of hydrogen-bond donors (Lipinski definition) is 2. The second kappa shape index (κ2) is 8.84. The molecule has 0 bridgehead atoms. The minimum atomic E-state index is -0.393. The van der Waals surface area contributed by atoms with E-state index in [4.69, 9.17) is 17.0 Å². The van der Waals surface area contributed by atoms with Crippen LogP contribution in [0.3, 0.4) is 0 Å². The first-order chi connectivity index (χ1) is 13.5. The summed E-state index contributed by atoms with van der Waals surface area (Å²) in [6.07, 6.45) is 1.51. The minimum Gasteiger partial charge on any atom is -0.465 e. The molecule has 2 N–H and O–H groups in total. The van der Waals surface area contributed by atoms with E-state index in [0.717, 1.165) is 35.5 Å². The van der Waals surface area contributed by atoms with Gasteiger partial charge in [0.15, 0.2) is 5.11 Å².